The summed E-state index contributed by atoms with van der Waals surface area (Å²) in [4.78, 5) is 32.9. The number of ketones is 1. The number of likely N-dealkylation sites (N-methyl/N-ethyl adjacent to an activating group) is 1. The molecule has 0 bridgehead atoms. The van der Waals surface area contributed by atoms with Crippen molar-refractivity contribution in [2.24, 2.45) is 0 Å². The number of likely N-dealkylation sites (tertiary alicyclic amines) is 1. The highest BCUT2D eigenvalue weighted by Crippen LogP contribution is 2.39. The maximum atomic E-state index is 13.7. The first-order chi connectivity index (χ1) is 14.3. The van der Waals surface area contributed by atoms with E-state index in [4.69, 9.17) is 4.42 Å². The quantitative estimate of drug-likeness (QED) is 0.362. The van der Waals surface area contributed by atoms with Gasteiger partial charge in [-0.25, -0.2) is 4.98 Å². The van der Waals surface area contributed by atoms with Crippen LogP contribution in [0.3, 0.4) is 0 Å². The van der Waals surface area contributed by atoms with Gasteiger partial charge < -0.3 is 23.7 Å². The summed E-state index contributed by atoms with van der Waals surface area (Å²) < 4.78 is 7.22. The van der Waals surface area contributed by atoms with Crippen LogP contribution in [0.4, 0.5) is 0 Å². The van der Waals surface area contributed by atoms with E-state index in [9.17, 15) is 14.7 Å². The first kappa shape index (κ1) is 19.9. The number of hydrogen-bond donors (Lipinski definition) is 1. The Morgan fingerprint density at radius 1 is 1.23 bits per heavy atom. The molecule has 1 fully saturated rings. The Balaban J connectivity index is 1.92. The first-order valence-corrected chi connectivity index (χ1v) is 9.84. The number of quaternary nitrogens is 1. The van der Waals surface area contributed by atoms with Crippen molar-refractivity contribution in [2.45, 2.75) is 19.9 Å². The summed E-state index contributed by atoms with van der Waals surface area (Å²) in [7, 11) is 3.92. The molecule has 1 unspecified atom stereocenters. The molecule has 3 aromatic rings. The minimum Gasteiger partial charge on any atom is -0.871 e. The van der Waals surface area contributed by atoms with E-state index in [1.807, 2.05) is 33.2 Å². The summed E-state index contributed by atoms with van der Waals surface area (Å²) in [6, 6.07) is 6.25. The topological polar surface area (TPSA) is 95.3 Å². The molecule has 1 atom stereocenters. The van der Waals surface area contributed by atoms with Crippen LogP contribution in [0.1, 0.15) is 28.8 Å². The van der Waals surface area contributed by atoms with E-state index >= 15 is 0 Å². The Bertz CT molecular complexity index is 1160. The van der Waals surface area contributed by atoms with Gasteiger partial charge in [-0.3, -0.25) is 9.59 Å². The third-order valence-electron chi connectivity index (χ3n) is 5.43. The summed E-state index contributed by atoms with van der Waals surface area (Å²) in [5.74, 6) is -1.56. The lowest BCUT2D eigenvalue weighted by Gasteiger charge is -2.25. The van der Waals surface area contributed by atoms with Crippen LogP contribution in [-0.4, -0.2) is 53.2 Å². The number of hydrogen-bond acceptors (Lipinski definition) is 5. The van der Waals surface area contributed by atoms with Crippen molar-refractivity contribution >= 4 is 23.1 Å². The molecule has 30 heavy (non-hydrogen) atoms. The molecule has 8 nitrogen and oxygen atoms in total. The fraction of sp³-hybridized carbons (Fsp3) is 0.318. The normalized spacial score (nSPS) is 18.8. The van der Waals surface area contributed by atoms with Crippen molar-refractivity contribution in [3.8, 4) is 0 Å². The maximum absolute atomic E-state index is 13.7. The number of fused-ring (bicyclic) bond motifs is 1. The summed E-state index contributed by atoms with van der Waals surface area (Å²) in [6.07, 6.45) is 3.22. The van der Waals surface area contributed by atoms with Gasteiger partial charge in [0, 0.05) is 11.8 Å². The van der Waals surface area contributed by atoms with Crippen molar-refractivity contribution in [3.05, 3.63) is 65.0 Å². The number of aromatic nitrogens is 2. The highest BCUT2D eigenvalue weighted by atomic mass is 16.3. The molecule has 1 saturated heterocycles. The van der Waals surface area contributed by atoms with Crippen molar-refractivity contribution in [3.63, 3.8) is 0 Å². The van der Waals surface area contributed by atoms with E-state index in [0.717, 1.165) is 10.5 Å². The fourth-order valence-electron chi connectivity index (χ4n) is 3.91. The van der Waals surface area contributed by atoms with Crippen LogP contribution in [0.5, 0.6) is 0 Å². The smallest absolute Gasteiger partial charge is 0.295 e. The molecular formula is C22H24N4O4. The molecular weight excluding hydrogens is 384 g/mol. The summed E-state index contributed by atoms with van der Waals surface area (Å²) >= 11 is 0. The van der Waals surface area contributed by atoms with Gasteiger partial charge in [0.2, 0.25) is 5.78 Å². The average molecular weight is 408 g/mol. The number of rotatable bonds is 5. The Morgan fingerprint density at radius 3 is 2.67 bits per heavy atom. The molecule has 0 spiro atoms. The van der Waals surface area contributed by atoms with Crippen molar-refractivity contribution in [2.75, 3.05) is 27.2 Å². The lowest BCUT2D eigenvalue weighted by Crippen LogP contribution is -3.06. The Labute approximate surface area is 174 Å². The third kappa shape index (κ3) is 3.09. The monoisotopic (exact) mass is 408 g/mol. The minimum absolute atomic E-state index is 0.0879. The van der Waals surface area contributed by atoms with Crippen LogP contribution >= 0.6 is 0 Å². The number of carbonyl (C=O) groups is 2. The number of Topliss-reactive ketones (excluding diaryl/α,β-unsaturated/α-hetero) is 1. The largest absolute Gasteiger partial charge is 0.871 e. The lowest BCUT2D eigenvalue weighted by atomic mass is 10.0. The molecule has 8 heteroatoms. The lowest BCUT2D eigenvalue weighted by molar-refractivity contribution is -0.857. The zero-order valence-corrected chi connectivity index (χ0v) is 17.4. The average Bonchev–Trinajstić information content (AvgIpc) is 3.38. The molecule has 156 valence electrons. The third-order valence-corrected chi connectivity index (χ3v) is 5.43. The van der Waals surface area contributed by atoms with E-state index in [0.29, 0.717) is 35.9 Å². The number of nitrogens with zero attached hydrogens (tertiary/aromatic N) is 3. The van der Waals surface area contributed by atoms with Gasteiger partial charge in [0.15, 0.2) is 0 Å². The van der Waals surface area contributed by atoms with Gasteiger partial charge in [-0.15, -0.1) is 0 Å². The summed E-state index contributed by atoms with van der Waals surface area (Å²) in [5.41, 5.74) is 2.28. The van der Waals surface area contributed by atoms with Gasteiger partial charge in [-0.1, -0.05) is 11.8 Å². The molecule has 1 N–H and O–H groups in total. The predicted molar refractivity (Wildman–Crippen MR) is 107 cm³/mol. The number of furan rings is 1. The number of aryl methyl sites for hydroxylation is 2. The summed E-state index contributed by atoms with van der Waals surface area (Å²) in [5, 5.41) is 13.7. The van der Waals surface area contributed by atoms with E-state index in [2.05, 4.69) is 4.98 Å². The van der Waals surface area contributed by atoms with Crippen LogP contribution in [0.25, 0.3) is 11.4 Å². The van der Waals surface area contributed by atoms with Gasteiger partial charge in [0.25, 0.3) is 5.91 Å². The molecule has 0 aromatic carbocycles. The second kappa shape index (κ2) is 7.46. The van der Waals surface area contributed by atoms with Crippen LogP contribution in [0.2, 0.25) is 0 Å². The molecule has 0 saturated carbocycles. The van der Waals surface area contributed by atoms with Gasteiger partial charge in [0.1, 0.15) is 17.4 Å². The molecule has 1 amide bonds. The van der Waals surface area contributed by atoms with E-state index in [1.165, 1.54) is 11.2 Å². The molecule has 1 aliphatic rings. The first-order valence-electron chi connectivity index (χ1n) is 9.84. The van der Waals surface area contributed by atoms with E-state index in [-0.39, 0.29) is 5.57 Å². The molecule has 4 heterocycles. The number of imidazole rings is 1. The number of amides is 1. The van der Waals surface area contributed by atoms with E-state index in [1.54, 1.807) is 29.7 Å². The molecule has 1 aliphatic heterocycles. The highest BCUT2D eigenvalue weighted by molar-refractivity contribution is 6.46. The van der Waals surface area contributed by atoms with Crippen molar-refractivity contribution in [1.29, 1.82) is 0 Å². The molecule has 0 radical (unpaired) electrons. The Hall–Kier alpha value is -3.39. The fourth-order valence-corrected chi connectivity index (χ4v) is 3.91. The van der Waals surface area contributed by atoms with Crippen molar-refractivity contribution in [1.82, 2.24) is 14.3 Å². The zero-order chi connectivity index (χ0) is 21.6. The maximum Gasteiger partial charge on any atom is 0.295 e. The van der Waals surface area contributed by atoms with Crippen LogP contribution in [0.15, 0.2) is 46.7 Å². The van der Waals surface area contributed by atoms with Gasteiger partial charge in [-0.05, 0) is 37.6 Å². The number of pyridine rings is 1. The van der Waals surface area contributed by atoms with Crippen LogP contribution in [-0.2, 0) is 9.59 Å². The van der Waals surface area contributed by atoms with Crippen LogP contribution < -0.4 is 10.0 Å². The second-order valence-corrected chi connectivity index (χ2v) is 7.88. The predicted octanol–water partition coefficient (Wildman–Crippen LogP) is -0.0874. The minimum atomic E-state index is -0.846. The molecule has 0 aliphatic carbocycles. The standard InChI is InChI=1S/C22H24N4O4/c1-13-7-5-9-25-17(14(2)23-21(13)25)19(27)16-18(15-8-6-12-30-15)26(11-10-24(3)4)22(29)20(16)28/h5-9,12,18,27H,10-11H2,1-4H3. The van der Waals surface area contributed by atoms with Gasteiger partial charge in [0.05, 0.1) is 44.8 Å². The summed E-state index contributed by atoms with van der Waals surface area (Å²) in [6.45, 7) is 4.60. The SMILES string of the molecule is Cc1nc2c(C)cccn2c1C([O-])=C1C(=O)C(=O)N(CC[NH+](C)C)C1c1ccco1. The number of nitrogens with one attached hydrogen (secondary N) is 1. The van der Waals surface area contributed by atoms with Gasteiger partial charge in [-0.2, -0.15) is 0 Å². The highest BCUT2D eigenvalue weighted by Gasteiger charge is 2.46. The number of carbonyl (C=O) groups excluding carboxylic acids is 2. The Morgan fingerprint density at radius 2 is 2.00 bits per heavy atom. The van der Waals surface area contributed by atoms with E-state index < -0.39 is 23.5 Å². The van der Waals surface area contributed by atoms with Crippen LogP contribution in [0, 0.1) is 13.8 Å². The molecule has 4 rings (SSSR count). The van der Waals surface area contributed by atoms with Gasteiger partial charge >= 0.3 is 0 Å². The van der Waals surface area contributed by atoms with Crippen molar-refractivity contribution < 1.29 is 24.0 Å². The Kier molecular flexibility index (Phi) is 4.95. The molecule has 3 aromatic heterocycles. The zero-order valence-electron chi connectivity index (χ0n) is 17.4. The second-order valence-electron chi connectivity index (χ2n) is 7.88.